The van der Waals surface area contributed by atoms with Crippen LogP contribution in [0.25, 0.3) is 11.1 Å². The molecule has 1 heterocycles. The number of nitrogens with one attached hydrogen (secondary N) is 1. The number of primary sulfonamides is 1. The Kier molecular flexibility index (Phi) is 5.55. The number of nitrogens with two attached hydrogens (primary N) is 1. The molecule has 3 rings (SSSR count). The van der Waals surface area contributed by atoms with Crippen molar-refractivity contribution in [2.24, 2.45) is 5.14 Å². The number of halogens is 1. The fourth-order valence-electron chi connectivity index (χ4n) is 2.62. The van der Waals surface area contributed by atoms with E-state index in [1.807, 2.05) is 0 Å². The molecule has 0 unspecified atom stereocenters. The number of amides is 1. The highest BCUT2D eigenvalue weighted by Crippen LogP contribution is 2.29. The number of anilines is 1. The van der Waals surface area contributed by atoms with E-state index < -0.39 is 10.0 Å². The van der Waals surface area contributed by atoms with Crippen molar-refractivity contribution in [2.75, 3.05) is 5.32 Å². The maximum absolute atomic E-state index is 12.3. The number of carbonyl (C=O) groups excluding carboxylic acids is 1. The number of carbonyl (C=O) groups is 1. The summed E-state index contributed by atoms with van der Waals surface area (Å²) < 4.78 is 24.1. The number of hydrogen-bond acceptors (Lipinski definition) is 4. The van der Waals surface area contributed by atoms with Gasteiger partial charge in [0.2, 0.25) is 15.9 Å². The third kappa shape index (κ3) is 4.71. The highest BCUT2D eigenvalue weighted by atomic mass is 35.5. The van der Waals surface area contributed by atoms with Gasteiger partial charge in [-0.05, 0) is 29.8 Å². The van der Waals surface area contributed by atoms with Gasteiger partial charge in [-0.1, -0.05) is 41.9 Å². The molecule has 3 aromatic rings. The van der Waals surface area contributed by atoms with Crippen molar-refractivity contribution in [1.82, 2.24) is 4.98 Å². The molecule has 0 saturated carbocycles. The van der Waals surface area contributed by atoms with Gasteiger partial charge in [0.1, 0.15) is 0 Å². The van der Waals surface area contributed by atoms with Crippen LogP contribution in [-0.4, -0.2) is 19.3 Å². The number of nitrogens with zero attached hydrogens (tertiary/aromatic N) is 1. The van der Waals surface area contributed by atoms with Crippen molar-refractivity contribution in [3.8, 4) is 11.1 Å². The molecule has 0 atom stereocenters. The van der Waals surface area contributed by atoms with Crippen LogP contribution in [-0.2, 0) is 21.2 Å². The van der Waals surface area contributed by atoms with Crippen molar-refractivity contribution >= 4 is 33.2 Å². The summed E-state index contributed by atoms with van der Waals surface area (Å²) in [6.07, 6.45) is 3.19. The van der Waals surface area contributed by atoms with Gasteiger partial charge in [0, 0.05) is 34.2 Å². The molecule has 2 aromatic carbocycles. The van der Waals surface area contributed by atoms with E-state index in [1.165, 1.54) is 6.07 Å². The van der Waals surface area contributed by atoms with Gasteiger partial charge in [0.05, 0.1) is 11.3 Å². The van der Waals surface area contributed by atoms with Crippen LogP contribution in [0.3, 0.4) is 0 Å². The summed E-state index contributed by atoms with van der Waals surface area (Å²) in [7, 11) is -4.01. The normalized spacial score (nSPS) is 11.2. The maximum atomic E-state index is 12.3. The molecule has 6 nitrogen and oxygen atoms in total. The molecular formula is C19H16ClN3O3S. The first-order valence-corrected chi connectivity index (χ1v) is 9.87. The lowest BCUT2D eigenvalue weighted by molar-refractivity contribution is -0.115. The summed E-state index contributed by atoms with van der Waals surface area (Å²) in [6, 6.07) is 15.0. The molecule has 0 aliphatic heterocycles. The molecule has 1 aromatic heterocycles. The van der Waals surface area contributed by atoms with Crippen LogP contribution in [0.2, 0.25) is 5.02 Å². The van der Waals surface area contributed by atoms with Gasteiger partial charge in [0.25, 0.3) is 0 Å². The summed E-state index contributed by atoms with van der Waals surface area (Å²) in [4.78, 5) is 16.2. The summed E-state index contributed by atoms with van der Waals surface area (Å²) in [5, 5.41) is 8.53. The Hall–Kier alpha value is -2.74. The zero-order valence-corrected chi connectivity index (χ0v) is 15.7. The minimum Gasteiger partial charge on any atom is -0.326 e. The van der Waals surface area contributed by atoms with Crippen molar-refractivity contribution in [3.63, 3.8) is 0 Å². The lowest BCUT2D eigenvalue weighted by Gasteiger charge is -2.12. The third-order valence-corrected chi connectivity index (χ3v) is 5.17. The Balaban J connectivity index is 1.89. The van der Waals surface area contributed by atoms with E-state index in [2.05, 4.69) is 10.3 Å². The number of sulfonamides is 1. The molecule has 0 fully saturated rings. The first kappa shape index (κ1) is 19.0. The SMILES string of the molecule is NS(=O)(=O)c1cc(NC(=O)Cc2ccccc2Cl)ccc1-c1cccnc1. The summed E-state index contributed by atoms with van der Waals surface area (Å²) >= 11 is 6.06. The number of benzene rings is 2. The quantitative estimate of drug-likeness (QED) is 0.685. The molecule has 0 spiro atoms. The number of pyridine rings is 1. The van der Waals surface area contributed by atoms with Gasteiger partial charge < -0.3 is 5.32 Å². The van der Waals surface area contributed by atoms with Gasteiger partial charge in [-0.25, -0.2) is 13.6 Å². The molecule has 138 valence electrons. The smallest absolute Gasteiger partial charge is 0.238 e. The predicted octanol–water partition coefficient (Wildman–Crippen LogP) is 3.23. The average molecular weight is 402 g/mol. The van der Waals surface area contributed by atoms with Crippen molar-refractivity contribution < 1.29 is 13.2 Å². The lowest BCUT2D eigenvalue weighted by atomic mass is 10.1. The van der Waals surface area contributed by atoms with E-state index in [4.69, 9.17) is 16.7 Å². The van der Waals surface area contributed by atoms with Gasteiger partial charge in [-0.2, -0.15) is 0 Å². The molecule has 0 bridgehead atoms. The third-order valence-electron chi connectivity index (χ3n) is 3.85. The number of aromatic nitrogens is 1. The zero-order chi connectivity index (χ0) is 19.4. The number of rotatable bonds is 5. The summed E-state index contributed by atoms with van der Waals surface area (Å²) in [6.45, 7) is 0. The Morgan fingerprint density at radius 1 is 1.11 bits per heavy atom. The fraction of sp³-hybridized carbons (Fsp3) is 0.0526. The first-order valence-electron chi connectivity index (χ1n) is 7.95. The minimum absolute atomic E-state index is 0.0642. The molecule has 0 aliphatic rings. The molecule has 3 N–H and O–H groups in total. The predicted molar refractivity (Wildman–Crippen MR) is 105 cm³/mol. The molecule has 27 heavy (non-hydrogen) atoms. The van der Waals surface area contributed by atoms with Crippen LogP contribution < -0.4 is 10.5 Å². The van der Waals surface area contributed by atoms with Crippen molar-refractivity contribution in [1.29, 1.82) is 0 Å². The second-order valence-corrected chi connectivity index (χ2v) is 7.75. The monoisotopic (exact) mass is 401 g/mol. The van der Waals surface area contributed by atoms with Gasteiger partial charge in [0.15, 0.2) is 0 Å². The van der Waals surface area contributed by atoms with E-state index in [0.717, 1.165) is 0 Å². The van der Waals surface area contributed by atoms with E-state index >= 15 is 0 Å². The Morgan fingerprint density at radius 3 is 2.56 bits per heavy atom. The highest BCUT2D eigenvalue weighted by Gasteiger charge is 2.17. The second-order valence-electron chi connectivity index (χ2n) is 5.81. The van der Waals surface area contributed by atoms with Crippen LogP contribution in [0.5, 0.6) is 0 Å². The molecule has 1 amide bonds. The van der Waals surface area contributed by atoms with Crippen LogP contribution in [0.4, 0.5) is 5.69 Å². The van der Waals surface area contributed by atoms with Gasteiger partial charge in [-0.3, -0.25) is 9.78 Å². The Bertz CT molecular complexity index is 1090. The van der Waals surface area contributed by atoms with E-state index in [1.54, 1.807) is 60.9 Å². The number of hydrogen-bond donors (Lipinski definition) is 2. The van der Waals surface area contributed by atoms with E-state index in [0.29, 0.717) is 27.4 Å². The van der Waals surface area contributed by atoms with Crippen LogP contribution >= 0.6 is 11.6 Å². The first-order chi connectivity index (χ1) is 12.8. The minimum atomic E-state index is -4.01. The van der Waals surface area contributed by atoms with Crippen LogP contribution in [0, 0.1) is 0 Å². The average Bonchev–Trinajstić information content (AvgIpc) is 2.63. The largest absolute Gasteiger partial charge is 0.326 e. The maximum Gasteiger partial charge on any atom is 0.238 e. The Labute approximate surface area is 162 Å². The molecule has 0 aliphatic carbocycles. The zero-order valence-electron chi connectivity index (χ0n) is 14.1. The molecule has 0 radical (unpaired) electrons. The standard InChI is InChI=1S/C19H16ClN3O3S/c20-17-6-2-1-4-13(17)10-19(24)23-15-7-8-16(14-5-3-9-22-12-14)18(11-15)27(21,25)26/h1-9,11-12H,10H2,(H,23,24)(H2,21,25,26). The van der Waals surface area contributed by atoms with Gasteiger partial charge in [-0.15, -0.1) is 0 Å². The summed E-state index contributed by atoms with van der Waals surface area (Å²) in [5.74, 6) is -0.322. The van der Waals surface area contributed by atoms with Crippen molar-refractivity contribution in [3.05, 3.63) is 77.6 Å². The topological polar surface area (TPSA) is 102 Å². The molecule has 8 heteroatoms. The Morgan fingerprint density at radius 2 is 1.89 bits per heavy atom. The fourth-order valence-corrected chi connectivity index (χ4v) is 3.60. The van der Waals surface area contributed by atoms with E-state index in [-0.39, 0.29) is 17.2 Å². The lowest BCUT2D eigenvalue weighted by Crippen LogP contribution is -2.17. The van der Waals surface area contributed by atoms with Crippen molar-refractivity contribution in [2.45, 2.75) is 11.3 Å². The van der Waals surface area contributed by atoms with E-state index in [9.17, 15) is 13.2 Å². The van der Waals surface area contributed by atoms with Gasteiger partial charge >= 0.3 is 0 Å². The summed E-state index contributed by atoms with van der Waals surface area (Å²) in [5.41, 5.74) is 2.02. The second kappa shape index (κ2) is 7.87. The highest BCUT2D eigenvalue weighted by molar-refractivity contribution is 7.89. The molecule has 0 saturated heterocycles. The molecular weight excluding hydrogens is 386 g/mol. The van der Waals surface area contributed by atoms with Crippen LogP contribution in [0.15, 0.2) is 71.9 Å². The van der Waals surface area contributed by atoms with Crippen LogP contribution in [0.1, 0.15) is 5.56 Å².